The summed E-state index contributed by atoms with van der Waals surface area (Å²) in [5, 5.41) is 20.8. The molecular weight excluding hydrogens is 281 g/mol. The van der Waals surface area contributed by atoms with E-state index in [4.69, 9.17) is 9.84 Å². The Morgan fingerprint density at radius 1 is 1.33 bits per heavy atom. The zero-order valence-electron chi connectivity index (χ0n) is 12.0. The van der Waals surface area contributed by atoms with Gasteiger partial charge in [0.05, 0.1) is 6.04 Å². The van der Waals surface area contributed by atoms with Gasteiger partial charge in [-0.05, 0) is 38.5 Å². The van der Waals surface area contributed by atoms with Crippen LogP contribution < -0.4 is 5.32 Å². The first-order valence-corrected chi connectivity index (χ1v) is 6.26. The molecule has 116 valence electrons. The topological polar surface area (TPSA) is 95.9 Å². The number of aliphatic carboxylic acids is 1. The fourth-order valence-electron chi connectivity index (χ4n) is 1.62. The molecule has 0 radical (unpaired) electrons. The Kier molecular flexibility index (Phi) is 5.26. The maximum Gasteiger partial charge on any atom is 0.408 e. The Morgan fingerprint density at radius 2 is 1.95 bits per heavy atom. The number of carboxylic acids is 1. The van der Waals surface area contributed by atoms with Crippen molar-refractivity contribution >= 4 is 12.1 Å². The lowest BCUT2D eigenvalue weighted by Crippen LogP contribution is -2.42. The molecular formula is C14H18FNO5. The van der Waals surface area contributed by atoms with Gasteiger partial charge in [-0.15, -0.1) is 0 Å². The van der Waals surface area contributed by atoms with Crippen LogP contribution in [0.1, 0.15) is 32.4 Å². The monoisotopic (exact) mass is 299 g/mol. The summed E-state index contributed by atoms with van der Waals surface area (Å²) < 4.78 is 18.2. The third-order valence-corrected chi connectivity index (χ3v) is 2.45. The highest BCUT2D eigenvalue weighted by Gasteiger charge is 2.30. The molecule has 0 bridgehead atoms. The lowest BCUT2D eigenvalue weighted by molar-refractivity contribution is -0.148. The quantitative estimate of drug-likeness (QED) is 0.788. The van der Waals surface area contributed by atoms with E-state index in [-0.39, 0.29) is 5.56 Å². The highest BCUT2D eigenvalue weighted by atomic mass is 19.1. The van der Waals surface area contributed by atoms with E-state index in [9.17, 15) is 19.1 Å². The van der Waals surface area contributed by atoms with Gasteiger partial charge >= 0.3 is 12.1 Å². The lowest BCUT2D eigenvalue weighted by Gasteiger charge is -2.25. The van der Waals surface area contributed by atoms with E-state index in [1.165, 1.54) is 18.2 Å². The van der Waals surface area contributed by atoms with E-state index >= 15 is 0 Å². The summed E-state index contributed by atoms with van der Waals surface area (Å²) >= 11 is 0. The third-order valence-electron chi connectivity index (χ3n) is 2.45. The SMILES string of the molecule is CC(C)(C)OC(=O)N[C@@H](c1cccc(F)c1)[C@@H](O)C(=O)O. The minimum atomic E-state index is -1.93. The fourth-order valence-corrected chi connectivity index (χ4v) is 1.62. The number of carbonyl (C=O) groups excluding carboxylic acids is 1. The van der Waals surface area contributed by atoms with Crippen LogP contribution in [0.15, 0.2) is 24.3 Å². The average molecular weight is 299 g/mol. The minimum absolute atomic E-state index is 0.121. The third kappa shape index (κ3) is 5.39. The van der Waals surface area contributed by atoms with E-state index in [1.807, 2.05) is 0 Å². The minimum Gasteiger partial charge on any atom is -0.479 e. The van der Waals surface area contributed by atoms with Crippen LogP contribution in [0.2, 0.25) is 0 Å². The van der Waals surface area contributed by atoms with Crippen molar-refractivity contribution in [3.8, 4) is 0 Å². The summed E-state index contributed by atoms with van der Waals surface area (Å²) in [7, 11) is 0. The van der Waals surface area contributed by atoms with Crippen LogP contribution in [-0.2, 0) is 9.53 Å². The number of aliphatic hydroxyl groups excluding tert-OH is 1. The second-order valence-corrected chi connectivity index (χ2v) is 5.46. The van der Waals surface area contributed by atoms with Crippen LogP contribution in [0.3, 0.4) is 0 Å². The van der Waals surface area contributed by atoms with Crippen molar-refractivity contribution in [1.82, 2.24) is 5.32 Å². The Hall–Kier alpha value is -2.15. The van der Waals surface area contributed by atoms with Gasteiger partial charge < -0.3 is 20.3 Å². The number of carboxylic acid groups (broad SMARTS) is 1. The van der Waals surface area contributed by atoms with E-state index < -0.39 is 35.6 Å². The molecule has 1 rings (SSSR count). The summed E-state index contributed by atoms with van der Waals surface area (Å²) in [4.78, 5) is 22.7. The predicted molar refractivity (Wildman–Crippen MR) is 72.2 cm³/mol. The molecule has 0 aromatic heterocycles. The van der Waals surface area contributed by atoms with Gasteiger partial charge in [-0.3, -0.25) is 0 Å². The molecule has 0 saturated carbocycles. The number of hydrogen-bond donors (Lipinski definition) is 3. The smallest absolute Gasteiger partial charge is 0.408 e. The molecule has 7 heteroatoms. The van der Waals surface area contributed by atoms with Crippen LogP contribution in [0.25, 0.3) is 0 Å². The van der Waals surface area contributed by atoms with Gasteiger partial charge in [0.1, 0.15) is 11.4 Å². The second-order valence-electron chi connectivity index (χ2n) is 5.46. The maximum atomic E-state index is 13.2. The van der Waals surface area contributed by atoms with Gasteiger partial charge in [0.15, 0.2) is 6.10 Å². The molecule has 3 N–H and O–H groups in total. The molecule has 0 saturated heterocycles. The highest BCUT2D eigenvalue weighted by molar-refractivity contribution is 5.75. The van der Waals surface area contributed by atoms with Crippen molar-refractivity contribution in [3.63, 3.8) is 0 Å². The van der Waals surface area contributed by atoms with Gasteiger partial charge in [-0.2, -0.15) is 0 Å². The zero-order valence-corrected chi connectivity index (χ0v) is 12.0. The van der Waals surface area contributed by atoms with Crippen LogP contribution in [-0.4, -0.2) is 34.0 Å². The summed E-state index contributed by atoms with van der Waals surface area (Å²) in [5.41, 5.74) is -0.666. The van der Waals surface area contributed by atoms with Crippen LogP contribution >= 0.6 is 0 Å². The first-order chi connectivity index (χ1) is 9.60. The highest BCUT2D eigenvalue weighted by Crippen LogP contribution is 2.19. The number of halogens is 1. The molecule has 0 heterocycles. The van der Waals surface area contributed by atoms with E-state index in [0.29, 0.717) is 0 Å². The van der Waals surface area contributed by atoms with E-state index in [1.54, 1.807) is 20.8 Å². The van der Waals surface area contributed by atoms with Crippen LogP contribution in [0, 0.1) is 5.82 Å². The van der Waals surface area contributed by atoms with Crippen LogP contribution in [0.4, 0.5) is 9.18 Å². The first kappa shape index (κ1) is 16.9. The second kappa shape index (κ2) is 6.53. The number of carbonyl (C=O) groups is 2. The van der Waals surface area contributed by atoms with Crippen LogP contribution in [0.5, 0.6) is 0 Å². The summed E-state index contributed by atoms with van der Waals surface area (Å²) in [6.45, 7) is 4.91. The molecule has 1 amide bonds. The fraction of sp³-hybridized carbons (Fsp3) is 0.429. The number of benzene rings is 1. The van der Waals surface area contributed by atoms with Gasteiger partial charge in [0.25, 0.3) is 0 Å². The van der Waals surface area contributed by atoms with Crippen molar-refractivity contribution in [3.05, 3.63) is 35.6 Å². The van der Waals surface area contributed by atoms with Crippen molar-refractivity contribution in [2.24, 2.45) is 0 Å². The molecule has 0 aliphatic heterocycles. The molecule has 0 spiro atoms. The lowest BCUT2D eigenvalue weighted by atomic mass is 10.0. The summed E-state index contributed by atoms with van der Waals surface area (Å²) in [6.07, 6.45) is -2.84. The van der Waals surface area contributed by atoms with Crippen molar-refractivity contribution in [1.29, 1.82) is 0 Å². The van der Waals surface area contributed by atoms with Crippen molar-refractivity contribution in [2.75, 3.05) is 0 Å². The zero-order chi connectivity index (χ0) is 16.2. The first-order valence-electron chi connectivity index (χ1n) is 6.26. The molecule has 0 fully saturated rings. The van der Waals surface area contributed by atoms with Gasteiger partial charge in [0, 0.05) is 0 Å². The predicted octanol–water partition coefficient (Wildman–Crippen LogP) is 1.84. The number of hydrogen-bond acceptors (Lipinski definition) is 4. The molecule has 1 aromatic rings. The summed E-state index contributed by atoms with van der Waals surface area (Å²) in [6, 6.07) is 3.63. The molecule has 0 aliphatic carbocycles. The molecule has 6 nitrogen and oxygen atoms in total. The Morgan fingerprint density at radius 3 is 2.43 bits per heavy atom. The molecule has 21 heavy (non-hydrogen) atoms. The molecule has 1 aromatic carbocycles. The van der Waals surface area contributed by atoms with Gasteiger partial charge in [0.2, 0.25) is 0 Å². The average Bonchev–Trinajstić information content (AvgIpc) is 2.32. The molecule has 0 aliphatic rings. The molecule has 0 unspecified atom stereocenters. The van der Waals surface area contributed by atoms with Crippen molar-refractivity contribution in [2.45, 2.75) is 38.5 Å². The van der Waals surface area contributed by atoms with Gasteiger partial charge in [-0.25, -0.2) is 14.0 Å². The Bertz CT molecular complexity index is 526. The standard InChI is InChI=1S/C14H18FNO5/c1-14(2,3)21-13(20)16-10(11(17)12(18)19)8-5-4-6-9(15)7-8/h4-7,10-11,17H,1-3H3,(H,16,20)(H,18,19)/t10-,11+/m0/s1. The number of amides is 1. The number of rotatable bonds is 4. The molecule has 2 atom stereocenters. The normalized spacial score (nSPS) is 14.1. The number of ether oxygens (including phenoxy) is 1. The number of alkyl carbamates (subject to hydrolysis) is 1. The van der Waals surface area contributed by atoms with Crippen molar-refractivity contribution < 1.29 is 28.9 Å². The maximum absolute atomic E-state index is 13.2. The van der Waals surface area contributed by atoms with E-state index in [2.05, 4.69) is 5.32 Å². The van der Waals surface area contributed by atoms with Gasteiger partial charge in [-0.1, -0.05) is 12.1 Å². The van der Waals surface area contributed by atoms with E-state index in [0.717, 1.165) is 6.07 Å². The largest absolute Gasteiger partial charge is 0.479 e. The Balaban J connectivity index is 2.99. The Labute approximate surface area is 121 Å². The summed E-state index contributed by atoms with van der Waals surface area (Å²) in [5.74, 6) is -2.15. The number of aliphatic hydroxyl groups is 1. The number of nitrogens with one attached hydrogen (secondary N) is 1.